The Labute approximate surface area is 199 Å². The molecule has 4 aliphatic rings. The summed E-state index contributed by atoms with van der Waals surface area (Å²) in [6, 6.07) is 0. The first-order valence-corrected chi connectivity index (χ1v) is 13.9. The van der Waals surface area contributed by atoms with Crippen molar-refractivity contribution in [1.82, 2.24) is 20.2 Å². The summed E-state index contributed by atoms with van der Waals surface area (Å²) in [6.07, 6.45) is 12.9. The standard InChI is InChI=1S/C27H46N4O2/c1-5-19-23-15-18(32)10-12-27(23,4)22-11-13-26(3)20(8-9-21(26)24(22)25(19)33)17(2)7-6-14-31-16-28-29-30-31/h16-25,32-33H,5-15H2,1-4H3/t17-,18-,19-,20-,21?,22?,23+,24?,25?,26-,27-/m1/s1. The van der Waals surface area contributed by atoms with Crippen molar-refractivity contribution in [2.24, 2.45) is 52.3 Å². The van der Waals surface area contributed by atoms with Crippen LogP contribution in [0.1, 0.15) is 91.9 Å². The number of rotatable bonds is 6. The zero-order valence-electron chi connectivity index (χ0n) is 21.2. The molecule has 33 heavy (non-hydrogen) atoms. The lowest BCUT2D eigenvalue weighted by Crippen LogP contribution is -2.62. The molecule has 0 spiro atoms. The monoisotopic (exact) mass is 458 g/mol. The first-order chi connectivity index (χ1) is 15.8. The number of hydrogen-bond donors (Lipinski definition) is 2. The van der Waals surface area contributed by atoms with Crippen LogP contribution >= 0.6 is 0 Å². The predicted octanol–water partition coefficient (Wildman–Crippen LogP) is 4.72. The molecule has 6 heteroatoms. The highest BCUT2D eigenvalue weighted by Crippen LogP contribution is 2.69. The highest BCUT2D eigenvalue weighted by atomic mass is 16.3. The normalized spacial score (nSPS) is 48.1. The number of fused-ring (bicyclic) bond motifs is 5. The molecule has 1 heterocycles. The number of aryl methyl sites for hydroxylation is 1. The third kappa shape index (κ3) is 3.78. The molecular weight excluding hydrogens is 412 g/mol. The predicted molar refractivity (Wildman–Crippen MR) is 128 cm³/mol. The zero-order valence-corrected chi connectivity index (χ0v) is 21.2. The molecule has 0 saturated heterocycles. The third-order valence-corrected chi connectivity index (χ3v) is 11.6. The quantitative estimate of drug-likeness (QED) is 0.645. The summed E-state index contributed by atoms with van der Waals surface area (Å²) in [5, 5.41) is 33.8. The molecule has 6 nitrogen and oxygen atoms in total. The molecule has 0 aromatic carbocycles. The molecule has 1 aromatic rings. The Kier molecular flexibility index (Phi) is 6.39. The number of aliphatic hydroxyl groups excluding tert-OH is 2. The maximum atomic E-state index is 11.8. The minimum absolute atomic E-state index is 0.167. The first kappa shape index (κ1) is 23.7. The Morgan fingerprint density at radius 2 is 1.79 bits per heavy atom. The second kappa shape index (κ2) is 8.89. The molecule has 4 fully saturated rings. The molecule has 11 atom stereocenters. The smallest absolute Gasteiger partial charge is 0.138 e. The molecule has 2 N–H and O–H groups in total. The minimum atomic E-state index is -0.193. The van der Waals surface area contributed by atoms with Crippen LogP contribution in [0.5, 0.6) is 0 Å². The Morgan fingerprint density at radius 1 is 1.03 bits per heavy atom. The van der Waals surface area contributed by atoms with Crippen LogP contribution in [0, 0.1) is 52.3 Å². The van der Waals surface area contributed by atoms with E-state index < -0.39 is 0 Å². The molecule has 0 radical (unpaired) electrons. The maximum absolute atomic E-state index is 11.8. The Morgan fingerprint density at radius 3 is 2.52 bits per heavy atom. The van der Waals surface area contributed by atoms with Gasteiger partial charge in [-0.3, -0.25) is 0 Å². The largest absolute Gasteiger partial charge is 0.393 e. The summed E-state index contributed by atoms with van der Waals surface area (Å²) in [7, 11) is 0. The number of aliphatic hydroxyl groups is 2. The molecule has 5 rings (SSSR count). The second-order valence-electron chi connectivity index (χ2n) is 12.8. The molecule has 0 amide bonds. The van der Waals surface area contributed by atoms with Crippen LogP contribution in [0.3, 0.4) is 0 Å². The number of hydrogen-bond acceptors (Lipinski definition) is 5. The molecule has 4 aliphatic carbocycles. The van der Waals surface area contributed by atoms with Gasteiger partial charge in [-0.2, -0.15) is 0 Å². The highest BCUT2D eigenvalue weighted by molar-refractivity contribution is 5.13. The van der Waals surface area contributed by atoms with Crippen LogP contribution < -0.4 is 0 Å². The van der Waals surface area contributed by atoms with E-state index in [9.17, 15) is 10.2 Å². The van der Waals surface area contributed by atoms with Crippen molar-refractivity contribution in [3.8, 4) is 0 Å². The lowest BCUT2D eigenvalue weighted by molar-refractivity contribution is -0.203. The van der Waals surface area contributed by atoms with E-state index in [0.29, 0.717) is 46.3 Å². The number of tetrazole rings is 1. The van der Waals surface area contributed by atoms with Crippen LogP contribution in [0.25, 0.3) is 0 Å². The average Bonchev–Trinajstić information content (AvgIpc) is 3.42. The van der Waals surface area contributed by atoms with Gasteiger partial charge in [0.1, 0.15) is 6.33 Å². The fourth-order valence-corrected chi connectivity index (χ4v) is 9.99. The van der Waals surface area contributed by atoms with E-state index in [2.05, 4.69) is 43.2 Å². The van der Waals surface area contributed by atoms with Crippen molar-refractivity contribution < 1.29 is 10.2 Å². The minimum Gasteiger partial charge on any atom is -0.393 e. The van der Waals surface area contributed by atoms with Gasteiger partial charge in [0.05, 0.1) is 12.2 Å². The first-order valence-electron chi connectivity index (χ1n) is 13.9. The van der Waals surface area contributed by atoms with Gasteiger partial charge >= 0.3 is 0 Å². The second-order valence-corrected chi connectivity index (χ2v) is 12.8. The van der Waals surface area contributed by atoms with Crippen molar-refractivity contribution >= 4 is 0 Å². The Hall–Kier alpha value is -1.01. The Balaban J connectivity index is 1.34. The summed E-state index contributed by atoms with van der Waals surface area (Å²) in [4.78, 5) is 0. The molecule has 4 saturated carbocycles. The van der Waals surface area contributed by atoms with Crippen molar-refractivity contribution in [1.29, 1.82) is 0 Å². The van der Waals surface area contributed by atoms with Gasteiger partial charge in [-0.15, -0.1) is 5.10 Å². The van der Waals surface area contributed by atoms with E-state index in [0.717, 1.165) is 44.6 Å². The van der Waals surface area contributed by atoms with Gasteiger partial charge in [0.25, 0.3) is 0 Å². The third-order valence-electron chi connectivity index (χ3n) is 11.6. The molecule has 1 aromatic heterocycles. The summed E-state index contributed by atoms with van der Waals surface area (Å²) in [5.41, 5.74) is 0.646. The summed E-state index contributed by atoms with van der Waals surface area (Å²) in [6.45, 7) is 10.7. The highest BCUT2D eigenvalue weighted by Gasteiger charge is 2.64. The van der Waals surface area contributed by atoms with E-state index in [4.69, 9.17) is 0 Å². The van der Waals surface area contributed by atoms with Gasteiger partial charge in [-0.25, -0.2) is 4.68 Å². The summed E-state index contributed by atoms with van der Waals surface area (Å²) < 4.78 is 1.85. The van der Waals surface area contributed by atoms with Gasteiger partial charge in [0, 0.05) is 6.54 Å². The summed E-state index contributed by atoms with van der Waals surface area (Å²) >= 11 is 0. The van der Waals surface area contributed by atoms with Crippen LogP contribution in [-0.2, 0) is 6.54 Å². The van der Waals surface area contributed by atoms with Crippen LogP contribution in [0.4, 0.5) is 0 Å². The average molecular weight is 459 g/mol. The van der Waals surface area contributed by atoms with Gasteiger partial charge in [0.15, 0.2) is 0 Å². The van der Waals surface area contributed by atoms with Gasteiger partial charge in [-0.05, 0) is 120 Å². The van der Waals surface area contributed by atoms with Crippen molar-refractivity contribution in [3.63, 3.8) is 0 Å². The van der Waals surface area contributed by atoms with E-state index in [-0.39, 0.29) is 12.2 Å². The fraction of sp³-hybridized carbons (Fsp3) is 0.963. The van der Waals surface area contributed by atoms with Gasteiger partial charge in [0.2, 0.25) is 0 Å². The molecule has 0 bridgehead atoms. The fourth-order valence-electron chi connectivity index (χ4n) is 9.99. The van der Waals surface area contributed by atoms with E-state index in [1.54, 1.807) is 6.33 Å². The SMILES string of the molecule is CC[C@H]1C(O)C2C3CC[C@H]([C@H](C)CCCn4cnnn4)[C@@]3(C)CCC2[C@@]2(C)CC[C@@H](O)C[C@@H]12. The molecule has 4 unspecified atom stereocenters. The van der Waals surface area contributed by atoms with Crippen LogP contribution in [0.15, 0.2) is 6.33 Å². The van der Waals surface area contributed by atoms with Crippen LogP contribution in [-0.4, -0.2) is 42.6 Å². The van der Waals surface area contributed by atoms with Crippen LogP contribution in [0.2, 0.25) is 0 Å². The van der Waals surface area contributed by atoms with Crippen molar-refractivity contribution in [2.45, 2.75) is 111 Å². The molecule has 186 valence electrons. The lowest BCUT2D eigenvalue weighted by atomic mass is 9.41. The summed E-state index contributed by atoms with van der Waals surface area (Å²) in [5.74, 6) is 4.00. The van der Waals surface area contributed by atoms with E-state index in [1.807, 2.05) is 4.68 Å². The van der Waals surface area contributed by atoms with Crippen molar-refractivity contribution in [3.05, 3.63) is 6.33 Å². The lowest BCUT2D eigenvalue weighted by Gasteiger charge is -2.64. The van der Waals surface area contributed by atoms with E-state index in [1.165, 1.54) is 32.1 Å². The molecular formula is C27H46N4O2. The zero-order chi connectivity index (χ0) is 23.4. The number of nitrogens with zero attached hydrogens (tertiary/aromatic N) is 4. The Bertz CT molecular complexity index is 802. The van der Waals surface area contributed by atoms with E-state index >= 15 is 0 Å². The van der Waals surface area contributed by atoms with Crippen molar-refractivity contribution in [2.75, 3.05) is 0 Å². The molecule has 0 aliphatic heterocycles. The van der Waals surface area contributed by atoms with Gasteiger partial charge < -0.3 is 10.2 Å². The topological polar surface area (TPSA) is 84.1 Å². The number of aromatic nitrogens is 4. The maximum Gasteiger partial charge on any atom is 0.138 e. The van der Waals surface area contributed by atoms with Gasteiger partial charge in [-0.1, -0.05) is 34.1 Å².